The van der Waals surface area contributed by atoms with Crippen molar-refractivity contribution in [2.75, 3.05) is 25.1 Å². The highest BCUT2D eigenvalue weighted by Gasteiger charge is 2.14. The van der Waals surface area contributed by atoms with E-state index in [0.717, 1.165) is 10.2 Å². The van der Waals surface area contributed by atoms with Gasteiger partial charge >= 0.3 is 0 Å². The van der Waals surface area contributed by atoms with E-state index in [1.165, 1.54) is 0 Å². The van der Waals surface area contributed by atoms with Gasteiger partial charge in [0.1, 0.15) is 30.5 Å². The summed E-state index contributed by atoms with van der Waals surface area (Å²) in [6, 6.07) is 22.3. The summed E-state index contributed by atoms with van der Waals surface area (Å²) < 4.78 is 17.9. The standard InChI is InChI=1S/C25H26BrNO4/c1-18(2)17-31-24-13-8-19(26)16-23(24)25(28)27-20-9-11-22(12-10-20)30-15-14-29-21-6-4-3-5-7-21/h3-13,16,18H,14-15,17H2,1-2H3,(H,27,28). The van der Waals surface area contributed by atoms with Gasteiger partial charge in [0, 0.05) is 10.2 Å². The molecule has 3 aromatic carbocycles. The lowest BCUT2D eigenvalue weighted by atomic mass is 10.1. The topological polar surface area (TPSA) is 56.8 Å². The average molecular weight is 484 g/mol. The number of carbonyl (C=O) groups excluding carboxylic acids is 1. The second kappa shape index (κ2) is 11.4. The van der Waals surface area contributed by atoms with Gasteiger partial charge in [-0.3, -0.25) is 4.79 Å². The van der Waals surface area contributed by atoms with E-state index in [1.54, 1.807) is 24.3 Å². The first-order valence-corrected chi connectivity index (χ1v) is 10.9. The van der Waals surface area contributed by atoms with Crippen molar-refractivity contribution in [2.45, 2.75) is 13.8 Å². The summed E-state index contributed by atoms with van der Waals surface area (Å²) in [6.45, 7) is 5.55. The largest absolute Gasteiger partial charge is 0.492 e. The lowest BCUT2D eigenvalue weighted by molar-refractivity contribution is 0.102. The highest BCUT2D eigenvalue weighted by atomic mass is 79.9. The van der Waals surface area contributed by atoms with Crippen molar-refractivity contribution < 1.29 is 19.0 Å². The number of ether oxygens (including phenoxy) is 3. The molecule has 0 heterocycles. The van der Waals surface area contributed by atoms with Crippen molar-refractivity contribution >= 4 is 27.5 Å². The summed E-state index contributed by atoms with van der Waals surface area (Å²) in [4.78, 5) is 12.8. The first kappa shape index (κ1) is 22.7. The van der Waals surface area contributed by atoms with Crippen LogP contribution >= 0.6 is 15.9 Å². The number of anilines is 1. The van der Waals surface area contributed by atoms with Gasteiger partial charge in [-0.15, -0.1) is 0 Å². The fourth-order valence-electron chi connectivity index (χ4n) is 2.73. The Hall–Kier alpha value is -2.99. The number of hydrogen-bond donors (Lipinski definition) is 1. The molecule has 0 bridgehead atoms. The Kier molecular flexibility index (Phi) is 8.35. The van der Waals surface area contributed by atoms with Crippen LogP contribution < -0.4 is 19.5 Å². The molecule has 162 valence electrons. The van der Waals surface area contributed by atoms with Crippen LogP contribution in [-0.4, -0.2) is 25.7 Å². The van der Waals surface area contributed by atoms with Gasteiger partial charge in [0.05, 0.1) is 12.2 Å². The number of para-hydroxylation sites is 1. The zero-order chi connectivity index (χ0) is 22.1. The van der Waals surface area contributed by atoms with Crippen LogP contribution in [0.1, 0.15) is 24.2 Å². The summed E-state index contributed by atoms with van der Waals surface area (Å²) in [5.74, 6) is 2.22. The number of nitrogens with one attached hydrogen (secondary N) is 1. The molecule has 0 aliphatic rings. The van der Waals surface area contributed by atoms with Crippen LogP contribution in [0, 0.1) is 5.92 Å². The molecule has 0 unspecified atom stereocenters. The molecule has 1 amide bonds. The van der Waals surface area contributed by atoms with Crippen molar-refractivity contribution in [2.24, 2.45) is 5.92 Å². The highest BCUT2D eigenvalue weighted by molar-refractivity contribution is 9.10. The fourth-order valence-corrected chi connectivity index (χ4v) is 3.09. The lowest BCUT2D eigenvalue weighted by Crippen LogP contribution is -2.15. The highest BCUT2D eigenvalue weighted by Crippen LogP contribution is 2.25. The van der Waals surface area contributed by atoms with E-state index in [0.29, 0.717) is 48.5 Å². The van der Waals surface area contributed by atoms with Gasteiger partial charge in [-0.25, -0.2) is 0 Å². The maximum absolute atomic E-state index is 12.8. The fraction of sp³-hybridized carbons (Fsp3) is 0.240. The first-order valence-electron chi connectivity index (χ1n) is 10.2. The summed E-state index contributed by atoms with van der Waals surface area (Å²) in [6.07, 6.45) is 0. The molecule has 0 saturated carbocycles. The van der Waals surface area contributed by atoms with Crippen molar-refractivity contribution in [1.82, 2.24) is 0 Å². The minimum absolute atomic E-state index is 0.231. The van der Waals surface area contributed by atoms with Gasteiger partial charge < -0.3 is 19.5 Å². The third-order valence-corrected chi connectivity index (χ3v) is 4.73. The molecule has 1 N–H and O–H groups in total. The molecule has 3 aromatic rings. The molecule has 3 rings (SSSR count). The molecule has 0 saturated heterocycles. The summed E-state index contributed by atoms with van der Waals surface area (Å²) in [5, 5.41) is 2.91. The SMILES string of the molecule is CC(C)COc1ccc(Br)cc1C(=O)Nc1ccc(OCCOc2ccccc2)cc1. The predicted molar refractivity (Wildman–Crippen MR) is 126 cm³/mol. The number of hydrogen-bond acceptors (Lipinski definition) is 4. The van der Waals surface area contributed by atoms with Crippen LogP contribution in [0.2, 0.25) is 0 Å². The predicted octanol–water partition coefficient (Wildman–Crippen LogP) is 6.19. The van der Waals surface area contributed by atoms with Gasteiger partial charge in [-0.2, -0.15) is 0 Å². The van der Waals surface area contributed by atoms with Crippen LogP contribution in [0.4, 0.5) is 5.69 Å². The smallest absolute Gasteiger partial charge is 0.259 e. The van der Waals surface area contributed by atoms with E-state index in [2.05, 4.69) is 35.1 Å². The monoisotopic (exact) mass is 483 g/mol. The molecular weight excluding hydrogens is 458 g/mol. The number of amides is 1. The van der Waals surface area contributed by atoms with E-state index >= 15 is 0 Å². The Balaban J connectivity index is 1.53. The van der Waals surface area contributed by atoms with Crippen LogP contribution in [0.5, 0.6) is 17.2 Å². The lowest BCUT2D eigenvalue weighted by Gasteiger charge is -2.14. The van der Waals surface area contributed by atoms with Gasteiger partial charge in [0.2, 0.25) is 0 Å². The molecular formula is C25H26BrNO4. The van der Waals surface area contributed by atoms with Gasteiger partial charge in [0.15, 0.2) is 0 Å². The maximum Gasteiger partial charge on any atom is 0.259 e. The normalized spacial score (nSPS) is 10.6. The van der Waals surface area contributed by atoms with Crippen LogP contribution in [-0.2, 0) is 0 Å². The molecule has 0 fully saturated rings. The quantitative estimate of drug-likeness (QED) is 0.349. The molecule has 0 radical (unpaired) electrons. The summed E-state index contributed by atoms with van der Waals surface area (Å²) >= 11 is 3.42. The van der Waals surface area contributed by atoms with Crippen LogP contribution in [0.3, 0.4) is 0 Å². The van der Waals surface area contributed by atoms with Crippen molar-refractivity contribution in [3.05, 3.63) is 82.8 Å². The Bertz CT molecular complexity index is 975. The van der Waals surface area contributed by atoms with Crippen molar-refractivity contribution in [1.29, 1.82) is 0 Å². The Morgan fingerprint density at radius 2 is 1.52 bits per heavy atom. The molecule has 0 aliphatic carbocycles. The minimum Gasteiger partial charge on any atom is -0.492 e. The molecule has 6 heteroatoms. The zero-order valence-electron chi connectivity index (χ0n) is 17.6. The molecule has 0 atom stereocenters. The Morgan fingerprint density at radius 3 is 2.16 bits per heavy atom. The second-order valence-electron chi connectivity index (χ2n) is 7.33. The number of halogens is 1. The first-order chi connectivity index (χ1) is 15.0. The minimum atomic E-state index is -0.231. The second-order valence-corrected chi connectivity index (χ2v) is 8.25. The summed E-state index contributed by atoms with van der Waals surface area (Å²) in [7, 11) is 0. The number of rotatable bonds is 10. The number of benzene rings is 3. The Morgan fingerprint density at radius 1 is 0.871 bits per heavy atom. The maximum atomic E-state index is 12.8. The van der Waals surface area contributed by atoms with Crippen LogP contribution in [0.25, 0.3) is 0 Å². The average Bonchev–Trinajstić information content (AvgIpc) is 2.77. The third-order valence-electron chi connectivity index (χ3n) is 4.23. The third kappa shape index (κ3) is 7.33. The van der Waals surface area contributed by atoms with E-state index in [9.17, 15) is 4.79 Å². The van der Waals surface area contributed by atoms with Crippen molar-refractivity contribution in [3.63, 3.8) is 0 Å². The van der Waals surface area contributed by atoms with Gasteiger partial charge in [-0.1, -0.05) is 48.0 Å². The molecule has 0 aromatic heterocycles. The summed E-state index contributed by atoms with van der Waals surface area (Å²) in [5.41, 5.74) is 1.15. The van der Waals surface area contributed by atoms with E-state index in [4.69, 9.17) is 14.2 Å². The molecule has 5 nitrogen and oxygen atoms in total. The number of carbonyl (C=O) groups is 1. The zero-order valence-corrected chi connectivity index (χ0v) is 19.2. The van der Waals surface area contributed by atoms with E-state index in [1.807, 2.05) is 48.5 Å². The molecule has 31 heavy (non-hydrogen) atoms. The van der Waals surface area contributed by atoms with E-state index in [-0.39, 0.29) is 5.91 Å². The molecule has 0 aliphatic heterocycles. The van der Waals surface area contributed by atoms with E-state index < -0.39 is 0 Å². The van der Waals surface area contributed by atoms with Gasteiger partial charge in [0.25, 0.3) is 5.91 Å². The Labute approximate surface area is 191 Å². The van der Waals surface area contributed by atoms with Crippen molar-refractivity contribution in [3.8, 4) is 17.2 Å². The molecule has 0 spiro atoms. The van der Waals surface area contributed by atoms with Crippen LogP contribution in [0.15, 0.2) is 77.3 Å². The van der Waals surface area contributed by atoms with Gasteiger partial charge in [-0.05, 0) is 60.5 Å².